The summed E-state index contributed by atoms with van der Waals surface area (Å²) >= 11 is 0. The lowest BCUT2D eigenvalue weighted by molar-refractivity contribution is -0.0592. The molecule has 41 heavy (non-hydrogen) atoms. The number of benzene rings is 1. The molecule has 4 aromatic rings. The predicted molar refractivity (Wildman–Crippen MR) is 148 cm³/mol. The minimum absolute atomic E-state index is 0.161. The molecule has 5 heterocycles. The van der Waals surface area contributed by atoms with Crippen molar-refractivity contribution in [3.05, 3.63) is 71.6 Å². The largest absolute Gasteiger partial charge is 0.469 e. The summed E-state index contributed by atoms with van der Waals surface area (Å²) in [5.41, 5.74) is 2.70. The van der Waals surface area contributed by atoms with Crippen LogP contribution in [0.1, 0.15) is 34.0 Å². The first-order valence-electron chi connectivity index (χ1n) is 13.6. The number of carbonyl (C=O) groups excluding carboxylic acids is 1. The van der Waals surface area contributed by atoms with Gasteiger partial charge in [-0.2, -0.15) is 10.2 Å². The predicted octanol–water partition coefficient (Wildman–Crippen LogP) is 2.57. The molecule has 0 N–H and O–H groups in total. The zero-order chi connectivity index (χ0) is 28.2. The van der Waals surface area contributed by atoms with Crippen LogP contribution in [-0.4, -0.2) is 81.4 Å². The number of nitrogens with zero attached hydrogens (tertiary/aromatic N) is 8. The molecule has 1 aromatic carbocycles. The van der Waals surface area contributed by atoms with Crippen LogP contribution in [-0.2, 0) is 29.2 Å². The molecule has 0 amide bonds. The number of fused-ring (bicyclic) bond motifs is 1. The van der Waals surface area contributed by atoms with E-state index in [2.05, 4.69) is 29.3 Å². The third-order valence-electron chi connectivity index (χ3n) is 7.38. The van der Waals surface area contributed by atoms with Gasteiger partial charge in [0.2, 0.25) is 5.88 Å². The molecule has 12 nitrogen and oxygen atoms in total. The van der Waals surface area contributed by atoms with Crippen LogP contribution < -0.4 is 9.64 Å². The van der Waals surface area contributed by atoms with E-state index < -0.39 is 0 Å². The Morgan fingerprint density at radius 3 is 2.63 bits per heavy atom. The van der Waals surface area contributed by atoms with Crippen LogP contribution in [0.25, 0.3) is 11.0 Å². The van der Waals surface area contributed by atoms with Gasteiger partial charge in [-0.1, -0.05) is 6.07 Å². The number of ether oxygens (including phenoxy) is 3. The van der Waals surface area contributed by atoms with E-state index >= 15 is 0 Å². The van der Waals surface area contributed by atoms with Gasteiger partial charge < -0.3 is 23.7 Å². The Hall–Kier alpha value is -4.60. The number of anilines is 1. The van der Waals surface area contributed by atoms with Gasteiger partial charge in [-0.05, 0) is 30.7 Å². The second-order valence-electron chi connectivity index (χ2n) is 10.0. The van der Waals surface area contributed by atoms with E-state index in [1.807, 2.05) is 36.4 Å². The molecule has 12 heteroatoms. The van der Waals surface area contributed by atoms with Crippen molar-refractivity contribution in [2.45, 2.75) is 32.2 Å². The van der Waals surface area contributed by atoms with Crippen LogP contribution in [0.4, 0.5) is 5.82 Å². The summed E-state index contributed by atoms with van der Waals surface area (Å²) in [7, 11) is 1.39. The van der Waals surface area contributed by atoms with Gasteiger partial charge in [-0.3, -0.25) is 4.90 Å². The fourth-order valence-electron chi connectivity index (χ4n) is 5.00. The van der Waals surface area contributed by atoms with Crippen molar-refractivity contribution >= 4 is 22.8 Å². The average Bonchev–Trinajstić information content (AvgIpc) is 3.34. The number of imidazole rings is 1. The van der Waals surface area contributed by atoms with Gasteiger partial charge in [0.25, 0.3) is 0 Å². The Morgan fingerprint density at radius 1 is 1.12 bits per heavy atom. The summed E-state index contributed by atoms with van der Waals surface area (Å²) in [6.45, 7) is 5.69. The molecule has 6 rings (SSSR count). The number of nitriles is 1. The third kappa shape index (κ3) is 5.96. The van der Waals surface area contributed by atoms with E-state index in [1.54, 1.807) is 6.07 Å². The highest BCUT2D eigenvalue weighted by atomic mass is 16.5. The Morgan fingerprint density at radius 2 is 1.93 bits per heavy atom. The van der Waals surface area contributed by atoms with E-state index in [4.69, 9.17) is 24.5 Å². The minimum Gasteiger partial charge on any atom is -0.469 e. The van der Waals surface area contributed by atoms with Crippen LogP contribution >= 0.6 is 0 Å². The molecule has 0 spiro atoms. The van der Waals surface area contributed by atoms with Gasteiger partial charge in [-0.15, -0.1) is 0 Å². The number of methoxy groups -OCH3 is 1. The molecular weight excluding hydrogens is 524 g/mol. The number of esters is 1. The lowest BCUT2D eigenvalue weighted by Gasteiger charge is -2.35. The number of aromatic nitrogens is 5. The van der Waals surface area contributed by atoms with Crippen molar-refractivity contribution in [3.8, 4) is 11.9 Å². The quantitative estimate of drug-likeness (QED) is 0.283. The van der Waals surface area contributed by atoms with E-state index in [0.717, 1.165) is 61.9 Å². The lowest BCUT2D eigenvalue weighted by atomic mass is 10.1. The second kappa shape index (κ2) is 11.9. The molecule has 2 saturated heterocycles. The standard InChI is InChI=1S/C29H30N8O4/c1-39-29(38)21-5-6-23-24(13-21)37(17-22-7-12-40-22)27(33-23)18-35-8-10-36(11-9-35)26-3-2-4-28(34-26)41-19-25-31-15-20(14-30)16-32-25/h2-6,13,15-16,22H,7-12,17-19H2,1H3/t22-/m0/s1. The fourth-order valence-corrected chi connectivity index (χ4v) is 5.00. The van der Waals surface area contributed by atoms with Crippen LogP contribution in [0.3, 0.4) is 0 Å². The zero-order valence-corrected chi connectivity index (χ0v) is 22.8. The molecule has 0 radical (unpaired) electrons. The SMILES string of the molecule is COC(=O)c1ccc2nc(CN3CCN(c4cccc(OCc5ncc(C#N)cn5)n4)CC3)n(C[C@@H]3CCO3)c2c1. The number of pyridine rings is 1. The molecule has 2 aliphatic rings. The van der Waals surface area contributed by atoms with Crippen molar-refractivity contribution in [2.75, 3.05) is 44.8 Å². The van der Waals surface area contributed by atoms with Gasteiger partial charge in [0.15, 0.2) is 5.82 Å². The molecule has 210 valence electrons. The Kier molecular flexibility index (Phi) is 7.71. The van der Waals surface area contributed by atoms with Gasteiger partial charge in [0.05, 0.1) is 48.5 Å². The van der Waals surface area contributed by atoms with Crippen molar-refractivity contribution in [1.29, 1.82) is 5.26 Å². The van der Waals surface area contributed by atoms with Gasteiger partial charge in [0, 0.05) is 51.2 Å². The average molecular weight is 555 g/mol. The summed E-state index contributed by atoms with van der Waals surface area (Å²) in [5.74, 6) is 2.44. The van der Waals surface area contributed by atoms with Crippen molar-refractivity contribution < 1.29 is 19.0 Å². The Bertz CT molecular complexity index is 1570. The first kappa shape index (κ1) is 26.6. The number of rotatable bonds is 9. The molecule has 2 fully saturated rings. The number of hydrogen-bond donors (Lipinski definition) is 0. The summed E-state index contributed by atoms with van der Waals surface area (Å²) in [6, 6.07) is 13.2. The highest BCUT2D eigenvalue weighted by Crippen LogP contribution is 2.24. The topological polar surface area (TPSA) is 132 Å². The number of hydrogen-bond acceptors (Lipinski definition) is 11. The van der Waals surface area contributed by atoms with Gasteiger partial charge in [-0.25, -0.2) is 19.7 Å². The van der Waals surface area contributed by atoms with Crippen molar-refractivity contribution in [1.82, 2.24) is 29.4 Å². The minimum atomic E-state index is -0.358. The highest BCUT2D eigenvalue weighted by molar-refractivity contribution is 5.93. The van der Waals surface area contributed by atoms with Crippen molar-refractivity contribution in [2.24, 2.45) is 0 Å². The smallest absolute Gasteiger partial charge is 0.337 e. The van der Waals surface area contributed by atoms with E-state index in [1.165, 1.54) is 19.5 Å². The first-order chi connectivity index (χ1) is 20.1. The molecular formula is C29H30N8O4. The first-order valence-corrected chi connectivity index (χ1v) is 13.6. The van der Waals surface area contributed by atoms with E-state index in [-0.39, 0.29) is 18.7 Å². The van der Waals surface area contributed by atoms with Crippen LogP contribution in [0.5, 0.6) is 5.88 Å². The summed E-state index contributed by atoms with van der Waals surface area (Å²) in [4.78, 5) is 34.7. The van der Waals surface area contributed by atoms with Crippen LogP contribution in [0.2, 0.25) is 0 Å². The van der Waals surface area contributed by atoms with E-state index in [0.29, 0.717) is 35.9 Å². The normalized spacial score (nSPS) is 17.2. The maximum atomic E-state index is 12.2. The third-order valence-corrected chi connectivity index (χ3v) is 7.38. The maximum Gasteiger partial charge on any atom is 0.337 e. The molecule has 0 unspecified atom stereocenters. The molecule has 0 bridgehead atoms. The van der Waals surface area contributed by atoms with E-state index in [9.17, 15) is 4.79 Å². The Labute approximate surface area is 237 Å². The molecule has 1 atom stereocenters. The van der Waals surface area contributed by atoms with Crippen LogP contribution in [0.15, 0.2) is 48.8 Å². The van der Waals surface area contributed by atoms with Crippen LogP contribution in [0, 0.1) is 11.3 Å². The molecule has 2 aliphatic heterocycles. The van der Waals surface area contributed by atoms with Crippen molar-refractivity contribution in [3.63, 3.8) is 0 Å². The summed E-state index contributed by atoms with van der Waals surface area (Å²) in [6.07, 6.45) is 4.13. The molecule has 0 aliphatic carbocycles. The lowest BCUT2D eigenvalue weighted by Crippen LogP contribution is -2.46. The zero-order valence-electron chi connectivity index (χ0n) is 22.8. The molecule has 0 saturated carbocycles. The monoisotopic (exact) mass is 554 g/mol. The fraction of sp³-hybridized carbons (Fsp3) is 0.379. The van der Waals surface area contributed by atoms with Gasteiger partial charge >= 0.3 is 5.97 Å². The summed E-state index contributed by atoms with van der Waals surface area (Å²) < 4.78 is 18.7. The number of piperazine rings is 1. The summed E-state index contributed by atoms with van der Waals surface area (Å²) in [5, 5.41) is 8.90. The maximum absolute atomic E-state index is 12.2. The second-order valence-corrected chi connectivity index (χ2v) is 10.0. The van der Waals surface area contributed by atoms with Gasteiger partial charge in [0.1, 0.15) is 24.3 Å². The number of carbonyl (C=O) groups is 1. The molecule has 3 aromatic heterocycles. The Balaban J connectivity index is 1.10. The highest BCUT2D eigenvalue weighted by Gasteiger charge is 2.25.